The highest BCUT2D eigenvalue weighted by molar-refractivity contribution is 6.22. The van der Waals surface area contributed by atoms with Crippen LogP contribution in [0.1, 0.15) is 43.4 Å². The van der Waals surface area contributed by atoms with Crippen molar-refractivity contribution in [3.05, 3.63) is 45.7 Å². The van der Waals surface area contributed by atoms with Crippen molar-refractivity contribution in [1.29, 1.82) is 0 Å². The Morgan fingerprint density at radius 2 is 1.89 bits per heavy atom. The number of ether oxygens (including phenoxy) is 1. The number of aromatic hydroxyl groups is 1. The van der Waals surface area contributed by atoms with Crippen LogP contribution in [-0.2, 0) is 32.1 Å². The quantitative estimate of drug-likeness (QED) is 0.323. The molecule has 3 aliphatic carbocycles. The summed E-state index contributed by atoms with van der Waals surface area (Å²) in [4.78, 5) is 49.6. The largest absolute Gasteiger partial charge is 0.508 e. The summed E-state index contributed by atoms with van der Waals surface area (Å²) in [6, 6.07) is 2.88. The number of hydrogen-bond acceptors (Lipinski definition) is 9. The van der Waals surface area contributed by atoms with Crippen LogP contribution in [0, 0.1) is 17.8 Å². The molecule has 0 heterocycles. The Morgan fingerprint density at radius 1 is 1.19 bits per heavy atom. The highest BCUT2D eigenvalue weighted by Crippen LogP contribution is 2.52. The van der Waals surface area contributed by atoms with Crippen molar-refractivity contribution in [1.82, 2.24) is 5.32 Å². The number of alkyl carbamates (subject to hydrolysis) is 1. The summed E-state index contributed by atoms with van der Waals surface area (Å²) in [5.41, 5.74) is 2.55. The fourth-order valence-electron chi connectivity index (χ4n) is 5.31. The fourth-order valence-corrected chi connectivity index (χ4v) is 5.31. The lowest BCUT2D eigenvalue weighted by molar-refractivity contribution is -0.147. The molecule has 0 bridgehead atoms. The van der Waals surface area contributed by atoms with E-state index < -0.39 is 64.5 Å². The minimum Gasteiger partial charge on any atom is -0.508 e. The molecule has 192 valence electrons. The molecule has 0 aliphatic heterocycles. The number of primary amides is 1. The van der Waals surface area contributed by atoms with E-state index in [-0.39, 0.29) is 48.8 Å². The molecular weight excluding hydrogens is 472 g/mol. The molecule has 0 radical (unpaired) electrons. The average molecular weight is 501 g/mol. The number of benzene rings is 1. The van der Waals surface area contributed by atoms with E-state index in [2.05, 4.69) is 5.32 Å². The Balaban J connectivity index is 1.73. The Bertz CT molecular complexity index is 1250. The molecule has 3 aliphatic rings. The highest BCUT2D eigenvalue weighted by Gasteiger charge is 2.60. The number of nitrogens with one attached hydrogen (secondary N) is 1. The number of Topliss-reactive ketones (excluding diaryl/α,β-unsaturated/α-hetero) is 2. The van der Waals surface area contributed by atoms with Crippen LogP contribution in [0.5, 0.6) is 5.75 Å². The van der Waals surface area contributed by atoms with Gasteiger partial charge < -0.3 is 36.2 Å². The van der Waals surface area contributed by atoms with Crippen LogP contribution in [0.25, 0.3) is 5.76 Å². The van der Waals surface area contributed by atoms with Crippen molar-refractivity contribution in [2.45, 2.75) is 45.3 Å². The summed E-state index contributed by atoms with van der Waals surface area (Å²) in [6.45, 7) is 4.05. The van der Waals surface area contributed by atoms with E-state index in [9.17, 15) is 39.6 Å². The lowest BCUT2D eigenvalue weighted by Gasteiger charge is -2.46. The van der Waals surface area contributed by atoms with E-state index in [1.54, 1.807) is 6.07 Å². The van der Waals surface area contributed by atoms with E-state index >= 15 is 0 Å². The molecule has 2 amide bonds. The number of amides is 2. The fraction of sp³-hybridized carbons (Fsp3) is 0.440. The predicted molar refractivity (Wildman–Crippen MR) is 124 cm³/mol. The number of carbonyl (C=O) groups is 4. The standard InChI is InChI=1S/C25H28N2O9/c1-10(2)9-36-24(34)27-8-11-3-4-15(28)18-14(11)6-12-5-13-7-16(29)19(23(26)33)22(32)25(13,35)21(31)17(12)20(18)30/h3-4,10,12-13,28,30,32,35H,5-9H2,1-2H3,(H2,26,33)(H,27,34)/t12-,13+,25+/m1/s1. The molecule has 1 aromatic carbocycles. The number of aliphatic hydroxyl groups is 3. The maximum atomic E-state index is 13.5. The van der Waals surface area contributed by atoms with Gasteiger partial charge in [0.25, 0.3) is 5.91 Å². The van der Waals surface area contributed by atoms with Gasteiger partial charge in [-0.1, -0.05) is 19.9 Å². The zero-order valence-electron chi connectivity index (χ0n) is 19.8. The van der Waals surface area contributed by atoms with Crippen LogP contribution >= 0.6 is 0 Å². The first-order valence-electron chi connectivity index (χ1n) is 11.6. The average Bonchev–Trinajstić information content (AvgIpc) is 2.79. The molecular formula is C25H28N2O9. The van der Waals surface area contributed by atoms with Gasteiger partial charge in [-0.2, -0.15) is 0 Å². The first-order chi connectivity index (χ1) is 16.9. The number of fused-ring (bicyclic) bond motifs is 3. The van der Waals surface area contributed by atoms with Crippen LogP contribution in [-0.4, -0.2) is 56.2 Å². The maximum absolute atomic E-state index is 13.5. The maximum Gasteiger partial charge on any atom is 0.407 e. The molecule has 7 N–H and O–H groups in total. The lowest BCUT2D eigenvalue weighted by atomic mass is 9.59. The SMILES string of the molecule is CC(C)COC(=O)NCc1ccc(O)c2c1C[C@H]1C[C@H]3CC(=O)C(C(N)=O)=C(O)[C@@]3(O)C(=O)C1=C2O. The third-order valence-corrected chi connectivity index (χ3v) is 7.02. The summed E-state index contributed by atoms with van der Waals surface area (Å²) in [5, 5.41) is 46.0. The minimum absolute atomic E-state index is 0.0279. The van der Waals surface area contributed by atoms with Gasteiger partial charge in [0, 0.05) is 24.5 Å². The van der Waals surface area contributed by atoms with Gasteiger partial charge in [0.15, 0.2) is 11.4 Å². The summed E-state index contributed by atoms with van der Waals surface area (Å²) in [7, 11) is 0. The first kappa shape index (κ1) is 25.2. The molecule has 3 atom stereocenters. The van der Waals surface area contributed by atoms with E-state index in [0.717, 1.165) is 0 Å². The molecule has 1 aromatic rings. The van der Waals surface area contributed by atoms with Crippen LogP contribution in [0.2, 0.25) is 0 Å². The molecule has 1 saturated carbocycles. The second-order valence-electron chi connectivity index (χ2n) is 9.85. The van der Waals surface area contributed by atoms with Crippen LogP contribution < -0.4 is 11.1 Å². The zero-order valence-corrected chi connectivity index (χ0v) is 19.8. The summed E-state index contributed by atoms with van der Waals surface area (Å²) in [6.07, 6.45) is -0.839. The van der Waals surface area contributed by atoms with E-state index in [1.165, 1.54) is 6.07 Å². The number of rotatable bonds is 5. The number of nitrogens with two attached hydrogens (primary N) is 1. The van der Waals surface area contributed by atoms with Gasteiger partial charge in [0.05, 0.1) is 12.2 Å². The van der Waals surface area contributed by atoms with Crippen LogP contribution in [0.15, 0.2) is 29.0 Å². The Labute approximate surface area is 206 Å². The zero-order chi connectivity index (χ0) is 26.5. The Morgan fingerprint density at radius 3 is 2.53 bits per heavy atom. The van der Waals surface area contributed by atoms with Crippen molar-refractivity contribution in [3.8, 4) is 5.75 Å². The molecule has 36 heavy (non-hydrogen) atoms. The number of carbonyl (C=O) groups excluding carboxylic acids is 4. The molecule has 0 saturated heterocycles. The Hall–Kier alpha value is -3.86. The first-order valence-corrected chi connectivity index (χ1v) is 11.6. The van der Waals surface area contributed by atoms with E-state index in [1.807, 2.05) is 13.8 Å². The second-order valence-corrected chi connectivity index (χ2v) is 9.85. The van der Waals surface area contributed by atoms with Crippen molar-refractivity contribution >= 4 is 29.3 Å². The highest BCUT2D eigenvalue weighted by atomic mass is 16.5. The third-order valence-electron chi connectivity index (χ3n) is 7.02. The number of ketones is 2. The van der Waals surface area contributed by atoms with Crippen molar-refractivity contribution in [3.63, 3.8) is 0 Å². The van der Waals surface area contributed by atoms with Gasteiger partial charge in [-0.3, -0.25) is 14.4 Å². The summed E-state index contributed by atoms with van der Waals surface area (Å²) >= 11 is 0. The van der Waals surface area contributed by atoms with Gasteiger partial charge in [0.1, 0.15) is 22.8 Å². The van der Waals surface area contributed by atoms with Gasteiger partial charge in [-0.05, 0) is 41.9 Å². The smallest absolute Gasteiger partial charge is 0.407 e. The predicted octanol–water partition coefficient (Wildman–Crippen LogP) is 1.31. The monoisotopic (exact) mass is 500 g/mol. The van der Waals surface area contributed by atoms with Crippen molar-refractivity contribution in [2.24, 2.45) is 23.5 Å². The van der Waals surface area contributed by atoms with Gasteiger partial charge in [-0.15, -0.1) is 0 Å². The molecule has 0 spiro atoms. The van der Waals surface area contributed by atoms with E-state index in [0.29, 0.717) is 11.1 Å². The van der Waals surface area contributed by atoms with Crippen molar-refractivity contribution < 1.29 is 44.3 Å². The molecule has 4 rings (SSSR count). The summed E-state index contributed by atoms with van der Waals surface area (Å²) < 4.78 is 5.11. The molecule has 11 nitrogen and oxygen atoms in total. The Kier molecular flexibility index (Phi) is 6.29. The molecule has 0 aromatic heterocycles. The van der Waals surface area contributed by atoms with Crippen LogP contribution in [0.3, 0.4) is 0 Å². The van der Waals surface area contributed by atoms with E-state index in [4.69, 9.17) is 10.5 Å². The van der Waals surface area contributed by atoms with Gasteiger partial charge in [0.2, 0.25) is 5.78 Å². The number of aliphatic hydroxyl groups excluding tert-OH is 2. The number of phenolic OH excluding ortho intramolecular Hbond substituents is 1. The van der Waals surface area contributed by atoms with Gasteiger partial charge in [-0.25, -0.2) is 4.79 Å². The van der Waals surface area contributed by atoms with Crippen molar-refractivity contribution in [2.75, 3.05) is 6.61 Å². The second kappa shape index (κ2) is 8.98. The molecule has 0 unspecified atom stereocenters. The molecule has 11 heteroatoms. The third kappa shape index (κ3) is 3.89. The molecule has 1 fully saturated rings. The minimum atomic E-state index is -2.61. The topological polar surface area (TPSA) is 196 Å². The number of phenols is 1. The van der Waals surface area contributed by atoms with Crippen LogP contribution in [0.4, 0.5) is 4.79 Å². The summed E-state index contributed by atoms with van der Waals surface area (Å²) in [5.74, 6) is -6.67. The lowest BCUT2D eigenvalue weighted by Crippen LogP contribution is -2.58. The normalized spacial score (nSPS) is 25.3. The van der Waals surface area contributed by atoms with Gasteiger partial charge >= 0.3 is 6.09 Å². The number of hydrogen-bond donors (Lipinski definition) is 6.